The monoisotopic (exact) mass is 343 g/mol. The summed E-state index contributed by atoms with van der Waals surface area (Å²) in [6.45, 7) is 4.84. The number of anilines is 1. The highest BCUT2D eigenvalue weighted by atomic mass is 32.2. The second kappa shape index (κ2) is 9.08. The molecule has 0 spiro atoms. The van der Waals surface area contributed by atoms with E-state index in [0.29, 0.717) is 11.3 Å². The summed E-state index contributed by atoms with van der Waals surface area (Å²) in [6.07, 6.45) is 5.08. The zero-order valence-corrected chi connectivity index (χ0v) is 14.7. The van der Waals surface area contributed by atoms with E-state index in [-0.39, 0.29) is 11.2 Å². The van der Waals surface area contributed by atoms with Gasteiger partial charge in [0.2, 0.25) is 5.91 Å². The van der Waals surface area contributed by atoms with Crippen LogP contribution in [0.4, 0.5) is 5.69 Å². The lowest BCUT2D eigenvalue weighted by molar-refractivity contribution is -0.115. The third-order valence-electron chi connectivity index (χ3n) is 3.54. The van der Waals surface area contributed by atoms with Crippen molar-refractivity contribution in [3.8, 4) is 6.07 Å². The maximum absolute atomic E-state index is 12.4. The number of hydrogen-bond acceptors (Lipinski definition) is 5. The van der Waals surface area contributed by atoms with E-state index < -0.39 is 0 Å². The van der Waals surface area contributed by atoms with Gasteiger partial charge in [0.1, 0.15) is 12.4 Å². The molecule has 0 aliphatic carbocycles. The number of rotatable bonds is 8. The number of carbonyl (C=O) groups is 1. The molecule has 0 radical (unpaired) electrons. The summed E-state index contributed by atoms with van der Waals surface area (Å²) < 4.78 is 1.98. The summed E-state index contributed by atoms with van der Waals surface area (Å²) in [7, 11) is 0. The highest BCUT2D eigenvalue weighted by Gasteiger charge is 2.18. The summed E-state index contributed by atoms with van der Waals surface area (Å²) in [6, 6.07) is 9.04. The first-order valence-electron chi connectivity index (χ1n) is 8.00. The number of benzene rings is 1. The van der Waals surface area contributed by atoms with Crippen molar-refractivity contribution in [2.24, 2.45) is 0 Å². The molecule has 24 heavy (non-hydrogen) atoms. The number of thioether (sulfide) groups is 1. The maximum atomic E-state index is 12.4. The minimum absolute atomic E-state index is 0.161. The van der Waals surface area contributed by atoms with Gasteiger partial charge >= 0.3 is 0 Å². The van der Waals surface area contributed by atoms with Crippen LogP contribution in [0.1, 0.15) is 38.7 Å². The number of para-hydroxylation sites is 1. The topological polar surface area (TPSA) is 83.6 Å². The van der Waals surface area contributed by atoms with Gasteiger partial charge in [-0.15, -0.1) is 10.2 Å². The largest absolute Gasteiger partial charge is 0.324 e. The zero-order valence-electron chi connectivity index (χ0n) is 13.9. The average molecular weight is 343 g/mol. The number of nitriles is 1. The Hall–Kier alpha value is -2.33. The number of aromatic nitrogens is 3. The smallest absolute Gasteiger partial charge is 0.237 e. The Morgan fingerprint density at radius 3 is 2.96 bits per heavy atom. The zero-order chi connectivity index (χ0) is 17.4. The summed E-state index contributed by atoms with van der Waals surface area (Å²) in [5.74, 6) is -0.161. The fourth-order valence-corrected chi connectivity index (χ4v) is 3.01. The van der Waals surface area contributed by atoms with Crippen LogP contribution in [0.3, 0.4) is 0 Å². The molecule has 1 N–H and O–H groups in total. The minimum atomic E-state index is -0.342. The van der Waals surface area contributed by atoms with Gasteiger partial charge in [-0.25, -0.2) is 0 Å². The molecule has 126 valence electrons. The van der Waals surface area contributed by atoms with Gasteiger partial charge < -0.3 is 9.88 Å². The van der Waals surface area contributed by atoms with E-state index in [1.54, 1.807) is 30.6 Å². The summed E-state index contributed by atoms with van der Waals surface area (Å²) in [4.78, 5) is 12.4. The molecule has 1 heterocycles. The molecule has 1 unspecified atom stereocenters. The SMILES string of the molecule is CCCCCn1cnnc1SC(C)C(=O)Nc1ccccc1C#N. The van der Waals surface area contributed by atoms with E-state index >= 15 is 0 Å². The van der Waals surface area contributed by atoms with Crippen molar-refractivity contribution < 1.29 is 4.79 Å². The molecule has 6 nitrogen and oxygen atoms in total. The van der Waals surface area contributed by atoms with Gasteiger partial charge in [-0.05, 0) is 25.5 Å². The first kappa shape index (κ1) is 18.0. The summed E-state index contributed by atoms with van der Waals surface area (Å²) in [5.41, 5.74) is 0.979. The third kappa shape index (κ3) is 4.83. The second-order valence-corrected chi connectivity index (χ2v) is 6.73. The standard InChI is InChI=1S/C17H21N5OS/c1-3-4-7-10-22-12-19-21-17(22)24-13(2)16(23)20-15-9-6-5-8-14(15)11-18/h5-6,8-9,12-13H,3-4,7,10H2,1-2H3,(H,20,23). The van der Waals surface area contributed by atoms with Crippen molar-refractivity contribution in [3.63, 3.8) is 0 Å². The lowest BCUT2D eigenvalue weighted by Crippen LogP contribution is -2.23. The van der Waals surface area contributed by atoms with Crippen molar-refractivity contribution in [1.82, 2.24) is 14.8 Å². The predicted octanol–water partition coefficient (Wildman–Crippen LogP) is 3.46. The van der Waals surface area contributed by atoms with Crippen LogP contribution in [-0.4, -0.2) is 25.9 Å². The maximum Gasteiger partial charge on any atom is 0.237 e. The van der Waals surface area contributed by atoms with Gasteiger partial charge in [-0.2, -0.15) is 5.26 Å². The fraction of sp³-hybridized carbons (Fsp3) is 0.412. The molecule has 1 amide bonds. The number of nitrogens with one attached hydrogen (secondary N) is 1. The molecule has 0 bridgehead atoms. The van der Waals surface area contributed by atoms with Gasteiger partial charge in [0, 0.05) is 6.54 Å². The Morgan fingerprint density at radius 1 is 1.42 bits per heavy atom. The number of carbonyl (C=O) groups excluding carboxylic acids is 1. The highest BCUT2D eigenvalue weighted by Crippen LogP contribution is 2.23. The number of aryl methyl sites for hydroxylation is 1. The molecule has 0 fully saturated rings. The Balaban J connectivity index is 1.97. The second-order valence-electron chi connectivity index (χ2n) is 5.42. The van der Waals surface area contributed by atoms with Crippen LogP contribution in [-0.2, 0) is 11.3 Å². The van der Waals surface area contributed by atoms with E-state index in [9.17, 15) is 4.79 Å². The quantitative estimate of drug-likeness (QED) is 0.586. The molecule has 2 rings (SSSR count). The molecular weight excluding hydrogens is 322 g/mol. The average Bonchev–Trinajstić information content (AvgIpc) is 3.02. The van der Waals surface area contributed by atoms with Crippen LogP contribution >= 0.6 is 11.8 Å². The van der Waals surface area contributed by atoms with Crippen LogP contribution in [0, 0.1) is 11.3 Å². The van der Waals surface area contributed by atoms with E-state index in [0.717, 1.165) is 31.0 Å². The van der Waals surface area contributed by atoms with Gasteiger partial charge in [0.15, 0.2) is 5.16 Å². The van der Waals surface area contributed by atoms with E-state index in [4.69, 9.17) is 5.26 Å². The molecule has 7 heteroatoms. The van der Waals surface area contributed by atoms with Crippen LogP contribution < -0.4 is 5.32 Å². The van der Waals surface area contributed by atoms with Crippen molar-refractivity contribution in [1.29, 1.82) is 5.26 Å². The number of amides is 1. The molecular formula is C17H21N5OS. The van der Waals surface area contributed by atoms with Crippen molar-refractivity contribution in [2.45, 2.75) is 50.1 Å². The van der Waals surface area contributed by atoms with Gasteiger partial charge in [-0.1, -0.05) is 43.7 Å². The molecule has 1 aromatic carbocycles. The molecule has 0 saturated carbocycles. The Kier molecular flexibility index (Phi) is 6.82. The molecule has 0 aliphatic heterocycles. The van der Waals surface area contributed by atoms with Crippen molar-refractivity contribution >= 4 is 23.4 Å². The van der Waals surface area contributed by atoms with Gasteiger partial charge in [-0.3, -0.25) is 4.79 Å². The predicted molar refractivity (Wildman–Crippen MR) is 94.7 cm³/mol. The van der Waals surface area contributed by atoms with Crippen LogP contribution in [0.2, 0.25) is 0 Å². The van der Waals surface area contributed by atoms with Crippen LogP contribution in [0.25, 0.3) is 0 Å². The van der Waals surface area contributed by atoms with E-state index in [1.165, 1.54) is 11.8 Å². The molecule has 2 aromatic rings. The molecule has 1 atom stereocenters. The minimum Gasteiger partial charge on any atom is -0.324 e. The number of hydrogen-bond donors (Lipinski definition) is 1. The van der Waals surface area contributed by atoms with Crippen molar-refractivity contribution in [2.75, 3.05) is 5.32 Å². The summed E-state index contributed by atoms with van der Waals surface area (Å²) >= 11 is 1.37. The van der Waals surface area contributed by atoms with E-state index in [1.807, 2.05) is 11.5 Å². The van der Waals surface area contributed by atoms with Crippen molar-refractivity contribution in [3.05, 3.63) is 36.2 Å². The normalized spacial score (nSPS) is 11.7. The first-order chi connectivity index (χ1) is 11.7. The van der Waals surface area contributed by atoms with Crippen LogP contribution in [0.15, 0.2) is 35.7 Å². The fourth-order valence-electron chi connectivity index (χ4n) is 2.16. The number of unbranched alkanes of at least 4 members (excludes halogenated alkanes) is 2. The third-order valence-corrected chi connectivity index (χ3v) is 4.63. The molecule has 0 aliphatic rings. The number of nitrogens with zero attached hydrogens (tertiary/aromatic N) is 4. The molecule has 0 saturated heterocycles. The van der Waals surface area contributed by atoms with Crippen LogP contribution in [0.5, 0.6) is 0 Å². The van der Waals surface area contributed by atoms with E-state index in [2.05, 4.69) is 28.5 Å². The van der Waals surface area contributed by atoms with Gasteiger partial charge in [0.25, 0.3) is 0 Å². The van der Waals surface area contributed by atoms with Gasteiger partial charge in [0.05, 0.1) is 16.5 Å². The Morgan fingerprint density at radius 2 is 2.21 bits per heavy atom. The first-order valence-corrected chi connectivity index (χ1v) is 8.88. The molecule has 1 aromatic heterocycles. The lowest BCUT2D eigenvalue weighted by atomic mass is 10.2. The summed E-state index contributed by atoms with van der Waals surface area (Å²) in [5, 5.41) is 20.3. The highest BCUT2D eigenvalue weighted by molar-refractivity contribution is 8.00. The lowest BCUT2D eigenvalue weighted by Gasteiger charge is -2.13. The Bertz CT molecular complexity index is 722. The Labute approximate surface area is 146 Å².